The Balaban J connectivity index is 2.01. The predicted molar refractivity (Wildman–Crippen MR) is 89.3 cm³/mol. The largest absolute Gasteiger partial charge is 0.264 e. The maximum absolute atomic E-state index is 13.0. The van der Waals surface area contributed by atoms with E-state index in [0.717, 1.165) is 22.9 Å². The van der Waals surface area contributed by atoms with Crippen molar-refractivity contribution < 1.29 is 8.42 Å². The van der Waals surface area contributed by atoms with Crippen LogP contribution in [0.25, 0.3) is 0 Å². The fraction of sp³-hybridized carbons (Fsp3) is 0.267. The summed E-state index contributed by atoms with van der Waals surface area (Å²) in [6, 6.07) is 8.39. The van der Waals surface area contributed by atoms with Crippen LogP contribution in [0.4, 0.5) is 0 Å². The molecule has 0 bridgehead atoms. The van der Waals surface area contributed by atoms with Gasteiger partial charge in [-0.15, -0.1) is 0 Å². The highest BCUT2D eigenvalue weighted by Gasteiger charge is 2.37. The molecular weight excluding hydrogens is 388 g/mol. The van der Waals surface area contributed by atoms with Gasteiger partial charge in [-0.2, -0.15) is 4.31 Å². The van der Waals surface area contributed by atoms with Gasteiger partial charge in [0.1, 0.15) is 4.90 Å². The number of nitrogens with zero attached hydrogens (tertiary/aromatic N) is 2. The van der Waals surface area contributed by atoms with E-state index in [9.17, 15) is 8.42 Å². The van der Waals surface area contributed by atoms with Crippen LogP contribution in [-0.4, -0.2) is 24.3 Å². The molecule has 1 aromatic carbocycles. The van der Waals surface area contributed by atoms with Gasteiger partial charge < -0.3 is 0 Å². The molecule has 2 aromatic rings. The van der Waals surface area contributed by atoms with Gasteiger partial charge in [0, 0.05) is 23.4 Å². The zero-order valence-electron chi connectivity index (χ0n) is 11.6. The number of benzene rings is 1. The van der Waals surface area contributed by atoms with Crippen LogP contribution >= 0.6 is 27.5 Å². The van der Waals surface area contributed by atoms with E-state index in [1.165, 1.54) is 4.31 Å². The van der Waals surface area contributed by atoms with Crippen LogP contribution in [0.1, 0.15) is 24.4 Å². The lowest BCUT2D eigenvalue weighted by Gasteiger charge is -2.24. The molecule has 0 N–H and O–H groups in total. The van der Waals surface area contributed by atoms with E-state index in [2.05, 4.69) is 20.9 Å². The van der Waals surface area contributed by atoms with Crippen molar-refractivity contribution in [2.24, 2.45) is 0 Å². The van der Waals surface area contributed by atoms with Crippen LogP contribution < -0.4 is 0 Å². The second-order valence-corrected chi connectivity index (χ2v) is 8.32. The number of hydrogen-bond acceptors (Lipinski definition) is 3. The van der Waals surface area contributed by atoms with Gasteiger partial charge in [-0.1, -0.05) is 33.6 Å². The highest BCUT2D eigenvalue weighted by atomic mass is 79.9. The summed E-state index contributed by atoms with van der Waals surface area (Å²) in [6.45, 7) is 0.494. The molecule has 1 aromatic heterocycles. The molecule has 0 spiro atoms. The second-order valence-electron chi connectivity index (χ2n) is 5.13. The standard InChI is InChI=1S/C15H14BrClN2O2S/c16-12-5-6-15(13(17)9-12)22(20,21)19-8-2-4-14(19)11-3-1-7-18-10-11/h1,3,5-7,9-10,14H,2,4,8H2/t14-/m1/s1. The Morgan fingerprint density at radius 2 is 2.14 bits per heavy atom. The minimum atomic E-state index is -3.63. The van der Waals surface area contributed by atoms with E-state index in [1.807, 2.05) is 12.1 Å². The van der Waals surface area contributed by atoms with Crippen molar-refractivity contribution in [3.05, 3.63) is 57.8 Å². The average molecular weight is 402 g/mol. The summed E-state index contributed by atoms with van der Waals surface area (Å²) in [7, 11) is -3.63. The molecule has 3 rings (SSSR count). The lowest BCUT2D eigenvalue weighted by Crippen LogP contribution is -2.31. The molecule has 22 heavy (non-hydrogen) atoms. The van der Waals surface area contributed by atoms with E-state index in [-0.39, 0.29) is 16.0 Å². The summed E-state index contributed by atoms with van der Waals surface area (Å²) in [5, 5.41) is 0.228. The van der Waals surface area contributed by atoms with Crippen molar-refractivity contribution in [1.29, 1.82) is 0 Å². The number of halogens is 2. The number of sulfonamides is 1. The SMILES string of the molecule is O=S(=O)(c1ccc(Br)cc1Cl)N1CCC[C@@H]1c1cccnc1. The fourth-order valence-electron chi connectivity index (χ4n) is 2.74. The Bertz CT molecular complexity index is 783. The van der Waals surface area contributed by atoms with Crippen molar-refractivity contribution in [2.75, 3.05) is 6.54 Å². The van der Waals surface area contributed by atoms with E-state index in [0.29, 0.717) is 6.54 Å². The highest BCUT2D eigenvalue weighted by Crippen LogP contribution is 2.38. The molecule has 1 atom stereocenters. The minimum absolute atomic E-state index is 0.146. The first kappa shape index (κ1) is 15.9. The van der Waals surface area contributed by atoms with Crippen molar-refractivity contribution in [3.8, 4) is 0 Å². The molecule has 0 aliphatic carbocycles. The predicted octanol–water partition coefficient (Wildman–Crippen LogP) is 4.02. The highest BCUT2D eigenvalue weighted by molar-refractivity contribution is 9.10. The molecular formula is C15H14BrClN2O2S. The van der Waals surface area contributed by atoms with E-state index >= 15 is 0 Å². The van der Waals surface area contributed by atoms with Crippen LogP contribution in [0, 0.1) is 0 Å². The van der Waals surface area contributed by atoms with Crippen LogP contribution in [0.2, 0.25) is 5.02 Å². The van der Waals surface area contributed by atoms with E-state index in [1.54, 1.807) is 30.6 Å². The van der Waals surface area contributed by atoms with Crippen molar-refractivity contribution in [2.45, 2.75) is 23.8 Å². The quantitative estimate of drug-likeness (QED) is 0.780. The fourth-order valence-corrected chi connectivity index (χ4v) is 5.44. The third kappa shape index (κ3) is 2.93. The Hall–Kier alpha value is -0.950. The molecule has 116 valence electrons. The molecule has 1 aliphatic heterocycles. The van der Waals surface area contributed by atoms with Gasteiger partial charge in [-0.05, 0) is 42.7 Å². The van der Waals surface area contributed by atoms with Gasteiger partial charge in [0.05, 0.1) is 11.1 Å². The summed E-state index contributed by atoms with van der Waals surface area (Å²) < 4.78 is 28.2. The van der Waals surface area contributed by atoms with E-state index in [4.69, 9.17) is 11.6 Å². The minimum Gasteiger partial charge on any atom is -0.264 e. The van der Waals surface area contributed by atoms with Gasteiger partial charge in [-0.25, -0.2) is 8.42 Å². The Morgan fingerprint density at radius 1 is 1.32 bits per heavy atom. The van der Waals surface area contributed by atoms with Crippen molar-refractivity contribution in [3.63, 3.8) is 0 Å². The zero-order valence-corrected chi connectivity index (χ0v) is 14.8. The molecule has 4 nitrogen and oxygen atoms in total. The van der Waals surface area contributed by atoms with Gasteiger partial charge in [0.2, 0.25) is 10.0 Å². The lowest BCUT2D eigenvalue weighted by atomic mass is 10.1. The Labute approximate surface area is 143 Å². The monoisotopic (exact) mass is 400 g/mol. The molecule has 2 heterocycles. The molecule has 0 saturated carbocycles. The average Bonchev–Trinajstić information content (AvgIpc) is 2.98. The molecule has 1 aliphatic rings. The third-order valence-electron chi connectivity index (χ3n) is 3.75. The van der Waals surface area contributed by atoms with Crippen LogP contribution in [0.15, 0.2) is 52.1 Å². The number of hydrogen-bond donors (Lipinski definition) is 0. The zero-order chi connectivity index (χ0) is 15.7. The van der Waals surface area contributed by atoms with Crippen molar-refractivity contribution >= 4 is 37.6 Å². The molecule has 1 saturated heterocycles. The van der Waals surface area contributed by atoms with Gasteiger partial charge in [-0.3, -0.25) is 4.98 Å². The molecule has 7 heteroatoms. The Morgan fingerprint density at radius 3 is 2.82 bits per heavy atom. The summed E-state index contributed by atoms with van der Waals surface area (Å²) in [4.78, 5) is 4.24. The van der Waals surface area contributed by atoms with Gasteiger partial charge >= 0.3 is 0 Å². The number of aromatic nitrogens is 1. The Kier molecular flexibility index (Phi) is 4.54. The third-order valence-corrected chi connectivity index (χ3v) is 6.64. The second kappa shape index (κ2) is 6.28. The van der Waals surface area contributed by atoms with Crippen LogP contribution in [0.3, 0.4) is 0 Å². The van der Waals surface area contributed by atoms with Gasteiger partial charge in [0.15, 0.2) is 0 Å². The van der Waals surface area contributed by atoms with E-state index < -0.39 is 10.0 Å². The first-order valence-corrected chi connectivity index (χ1v) is 9.48. The maximum atomic E-state index is 13.0. The first-order chi connectivity index (χ1) is 10.5. The lowest BCUT2D eigenvalue weighted by molar-refractivity contribution is 0.396. The van der Waals surface area contributed by atoms with Crippen LogP contribution in [-0.2, 0) is 10.0 Å². The first-order valence-electron chi connectivity index (χ1n) is 6.87. The molecule has 0 radical (unpaired) electrons. The summed E-state index contributed by atoms with van der Waals surface area (Å²) in [6.07, 6.45) is 5.02. The number of rotatable bonds is 3. The smallest absolute Gasteiger partial charge is 0.245 e. The summed E-state index contributed by atoms with van der Waals surface area (Å²) in [5.74, 6) is 0. The van der Waals surface area contributed by atoms with Crippen LogP contribution in [0.5, 0.6) is 0 Å². The molecule has 1 fully saturated rings. The maximum Gasteiger partial charge on any atom is 0.245 e. The molecule has 0 unspecified atom stereocenters. The topological polar surface area (TPSA) is 50.3 Å². The molecule has 0 amide bonds. The summed E-state index contributed by atoms with van der Waals surface area (Å²) in [5.41, 5.74) is 0.914. The van der Waals surface area contributed by atoms with Crippen molar-refractivity contribution in [1.82, 2.24) is 9.29 Å². The number of pyridine rings is 1. The van der Waals surface area contributed by atoms with Gasteiger partial charge in [0.25, 0.3) is 0 Å². The summed E-state index contributed by atoms with van der Waals surface area (Å²) >= 11 is 9.43. The normalized spacial score (nSPS) is 19.5.